The van der Waals surface area contributed by atoms with Gasteiger partial charge in [-0.1, -0.05) is 0 Å². The average molecular weight is 213 g/mol. The van der Waals surface area contributed by atoms with E-state index >= 15 is 0 Å². The monoisotopic (exact) mass is 213 g/mol. The van der Waals surface area contributed by atoms with Crippen LogP contribution >= 0.6 is 0 Å². The number of hydrogen-bond donors (Lipinski definition) is 1. The first kappa shape index (κ1) is 11.5. The highest BCUT2D eigenvalue weighted by Crippen LogP contribution is 2.08. The van der Waals surface area contributed by atoms with E-state index in [1.165, 1.54) is 0 Å². The molecule has 1 aromatic heterocycles. The van der Waals surface area contributed by atoms with E-state index in [1.807, 2.05) is 0 Å². The van der Waals surface area contributed by atoms with Gasteiger partial charge in [0.1, 0.15) is 5.82 Å². The van der Waals surface area contributed by atoms with Gasteiger partial charge in [0.25, 0.3) is 0 Å². The SMILES string of the molecule is COCc1cc(N)n(C(=O)OC(C)C)n1. The third-order valence-corrected chi connectivity index (χ3v) is 1.59. The van der Waals surface area contributed by atoms with Crippen LogP contribution in [0.1, 0.15) is 19.5 Å². The van der Waals surface area contributed by atoms with E-state index < -0.39 is 6.09 Å². The summed E-state index contributed by atoms with van der Waals surface area (Å²) >= 11 is 0. The van der Waals surface area contributed by atoms with Crippen LogP contribution in [-0.4, -0.2) is 29.1 Å². The number of anilines is 1. The number of hydrogen-bond acceptors (Lipinski definition) is 5. The van der Waals surface area contributed by atoms with Crippen molar-refractivity contribution in [3.63, 3.8) is 0 Å². The Morgan fingerprint density at radius 2 is 2.33 bits per heavy atom. The number of nitrogens with zero attached hydrogens (tertiary/aromatic N) is 2. The van der Waals surface area contributed by atoms with Gasteiger partial charge in [-0.05, 0) is 13.8 Å². The molecule has 2 N–H and O–H groups in total. The Balaban J connectivity index is 2.80. The number of aromatic nitrogens is 2. The van der Waals surface area contributed by atoms with Crippen molar-refractivity contribution in [3.8, 4) is 0 Å². The quantitative estimate of drug-likeness (QED) is 0.810. The molecule has 0 amide bonds. The highest BCUT2D eigenvalue weighted by atomic mass is 16.6. The summed E-state index contributed by atoms with van der Waals surface area (Å²) in [5.41, 5.74) is 6.19. The van der Waals surface area contributed by atoms with E-state index in [0.29, 0.717) is 12.3 Å². The third-order valence-electron chi connectivity index (χ3n) is 1.59. The second-order valence-electron chi connectivity index (χ2n) is 3.34. The Morgan fingerprint density at radius 3 is 2.87 bits per heavy atom. The summed E-state index contributed by atoms with van der Waals surface area (Å²) in [6.07, 6.45) is -0.781. The number of nitrogen functional groups attached to an aromatic ring is 1. The maximum Gasteiger partial charge on any atom is 0.436 e. The molecule has 0 aromatic carbocycles. The molecular weight excluding hydrogens is 198 g/mol. The number of nitrogens with two attached hydrogens (primary N) is 1. The van der Waals surface area contributed by atoms with Gasteiger partial charge in [0.05, 0.1) is 18.4 Å². The molecule has 6 heteroatoms. The van der Waals surface area contributed by atoms with Crippen molar-refractivity contribution in [1.82, 2.24) is 9.78 Å². The molecule has 0 bridgehead atoms. The predicted molar refractivity (Wildman–Crippen MR) is 54.4 cm³/mol. The standard InChI is InChI=1S/C9H15N3O3/c1-6(2)15-9(13)12-8(10)4-7(11-12)5-14-3/h4,6H,5,10H2,1-3H3. The number of rotatable bonds is 3. The van der Waals surface area contributed by atoms with Crippen molar-refractivity contribution in [3.05, 3.63) is 11.8 Å². The Hall–Kier alpha value is -1.56. The Labute approximate surface area is 88.0 Å². The van der Waals surface area contributed by atoms with E-state index in [-0.39, 0.29) is 11.9 Å². The van der Waals surface area contributed by atoms with E-state index in [2.05, 4.69) is 5.10 Å². The average Bonchev–Trinajstić information content (AvgIpc) is 2.46. The topological polar surface area (TPSA) is 79.4 Å². The zero-order valence-corrected chi connectivity index (χ0v) is 9.06. The lowest BCUT2D eigenvalue weighted by atomic mass is 10.4. The fraction of sp³-hybridized carbons (Fsp3) is 0.556. The summed E-state index contributed by atoms with van der Waals surface area (Å²) in [5, 5.41) is 3.94. The molecule has 0 aliphatic rings. The Morgan fingerprint density at radius 1 is 1.67 bits per heavy atom. The van der Waals surface area contributed by atoms with Crippen LogP contribution in [0.3, 0.4) is 0 Å². The molecule has 1 heterocycles. The normalized spacial score (nSPS) is 10.7. The minimum Gasteiger partial charge on any atom is -0.445 e. The smallest absolute Gasteiger partial charge is 0.436 e. The molecule has 1 aromatic rings. The molecule has 1 rings (SSSR count). The van der Waals surface area contributed by atoms with E-state index in [1.54, 1.807) is 27.0 Å². The summed E-state index contributed by atoms with van der Waals surface area (Å²) in [4.78, 5) is 11.5. The van der Waals surface area contributed by atoms with E-state index in [4.69, 9.17) is 15.2 Å². The van der Waals surface area contributed by atoms with Gasteiger partial charge in [-0.2, -0.15) is 5.10 Å². The summed E-state index contributed by atoms with van der Waals surface area (Å²) < 4.78 is 10.8. The molecule has 0 fully saturated rings. The first-order valence-electron chi connectivity index (χ1n) is 4.59. The van der Waals surface area contributed by atoms with Crippen LogP contribution in [0.4, 0.5) is 10.6 Å². The fourth-order valence-electron chi connectivity index (χ4n) is 1.06. The molecule has 84 valence electrons. The van der Waals surface area contributed by atoms with E-state index in [9.17, 15) is 4.79 Å². The predicted octanol–water partition coefficient (Wildman–Crippen LogP) is 1.00. The van der Waals surface area contributed by atoms with Crippen molar-refractivity contribution < 1.29 is 14.3 Å². The van der Waals surface area contributed by atoms with Gasteiger partial charge >= 0.3 is 6.09 Å². The van der Waals surface area contributed by atoms with Crippen LogP contribution in [0.15, 0.2) is 6.07 Å². The molecular formula is C9H15N3O3. The molecule has 0 aliphatic heterocycles. The highest BCUT2D eigenvalue weighted by Gasteiger charge is 2.14. The van der Waals surface area contributed by atoms with Crippen molar-refractivity contribution >= 4 is 11.9 Å². The highest BCUT2D eigenvalue weighted by molar-refractivity contribution is 5.73. The van der Waals surface area contributed by atoms with Gasteiger partial charge in [-0.25, -0.2) is 4.79 Å². The summed E-state index contributed by atoms with van der Waals surface area (Å²) in [5.74, 6) is 0.243. The van der Waals surface area contributed by atoms with Crippen LogP contribution in [0.2, 0.25) is 0 Å². The molecule has 0 atom stereocenters. The zero-order chi connectivity index (χ0) is 11.4. The molecule has 0 radical (unpaired) electrons. The van der Waals surface area contributed by atoms with Crippen LogP contribution in [0.25, 0.3) is 0 Å². The molecule has 0 spiro atoms. The molecule has 6 nitrogen and oxygen atoms in total. The number of methoxy groups -OCH3 is 1. The number of carbonyl (C=O) groups is 1. The molecule has 0 unspecified atom stereocenters. The second-order valence-corrected chi connectivity index (χ2v) is 3.34. The van der Waals surface area contributed by atoms with Gasteiger partial charge in [-0.15, -0.1) is 4.68 Å². The number of carbonyl (C=O) groups excluding carboxylic acids is 1. The minimum absolute atomic E-state index is 0.202. The maximum absolute atomic E-state index is 11.5. The van der Waals surface area contributed by atoms with Gasteiger partial charge in [0.15, 0.2) is 0 Å². The maximum atomic E-state index is 11.5. The van der Waals surface area contributed by atoms with Crippen LogP contribution in [-0.2, 0) is 16.1 Å². The van der Waals surface area contributed by atoms with Crippen molar-refractivity contribution in [1.29, 1.82) is 0 Å². The van der Waals surface area contributed by atoms with Gasteiger partial charge in [0, 0.05) is 13.2 Å². The van der Waals surface area contributed by atoms with Gasteiger partial charge in [0.2, 0.25) is 0 Å². The first-order valence-corrected chi connectivity index (χ1v) is 4.59. The minimum atomic E-state index is -0.579. The first-order chi connectivity index (χ1) is 7.04. The summed E-state index contributed by atoms with van der Waals surface area (Å²) in [6.45, 7) is 3.83. The zero-order valence-electron chi connectivity index (χ0n) is 9.06. The summed E-state index contributed by atoms with van der Waals surface area (Å²) in [6, 6.07) is 1.57. The van der Waals surface area contributed by atoms with E-state index in [0.717, 1.165) is 4.68 Å². The van der Waals surface area contributed by atoms with Crippen molar-refractivity contribution in [2.45, 2.75) is 26.6 Å². The molecule has 0 saturated heterocycles. The second kappa shape index (κ2) is 4.79. The van der Waals surface area contributed by atoms with Crippen molar-refractivity contribution in [2.75, 3.05) is 12.8 Å². The van der Waals surface area contributed by atoms with Crippen LogP contribution in [0, 0.1) is 0 Å². The lowest BCUT2D eigenvalue weighted by Crippen LogP contribution is -2.20. The largest absolute Gasteiger partial charge is 0.445 e. The molecule has 15 heavy (non-hydrogen) atoms. The van der Waals surface area contributed by atoms with Crippen molar-refractivity contribution in [2.24, 2.45) is 0 Å². The fourth-order valence-corrected chi connectivity index (χ4v) is 1.06. The lowest BCUT2D eigenvalue weighted by Gasteiger charge is -2.07. The van der Waals surface area contributed by atoms with Gasteiger partial charge in [-0.3, -0.25) is 0 Å². The number of ether oxygens (including phenoxy) is 2. The lowest BCUT2D eigenvalue weighted by molar-refractivity contribution is 0.114. The Kier molecular flexibility index (Phi) is 3.68. The van der Waals surface area contributed by atoms with Gasteiger partial charge < -0.3 is 15.2 Å². The van der Waals surface area contributed by atoms with Crippen LogP contribution < -0.4 is 5.73 Å². The van der Waals surface area contributed by atoms with Crippen LogP contribution in [0.5, 0.6) is 0 Å². The summed E-state index contributed by atoms with van der Waals surface area (Å²) in [7, 11) is 1.54. The Bertz CT molecular complexity index is 346. The molecule has 0 saturated carbocycles. The third kappa shape index (κ3) is 2.95. The molecule has 0 aliphatic carbocycles.